The van der Waals surface area contributed by atoms with E-state index in [1.165, 1.54) is 0 Å². The third-order valence-electron chi connectivity index (χ3n) is 2.62. The second kappa shape index (κ2) is 3.19. The maximum atomic E-state index is 5.75. The molecule has 6 heteroatoms. The van der Waals surface area contributed by atoms with Crippen LogP contribution < -0.4 is 11.5 Å². The zero-order valence-electron chi connectivity index (χ0n) is 8.67. The molecule has 6 nitrogen and oxygen atoms in total. The third kappa shape index (κ3) is 1.48. The molecular weight excluding hydrogens is 204 g/mol. The summed E-state index contributed by atoms with van der Waals surface area (Å²) in [6.45, 7) is 0. The molecule has 1 aromatic heterocycles. The molecule has 0 bridgehead atoms. The first-order valence-electron chi connectivity index (χ1n) is 5.18. The highest BCUT2D eigenvalue weighted by Crippen LogP contribution is 2.37. The third-order valence-corrected chi connectivity index (χ3v) is 2.62. The van der Waals surface area contributed by atoms with Crippen molar-refractivity contribution in [2.45, 2.75) is 18.9 Å². The summed E-state index contributed by atoms with van der Waals surface area (Å²) in [4.78, 5) is 0. The molecule has 0 amide bonds. The Morgan fingerprint density at radius 2 is 1.81 bits per heavy atom. The molecule has 1 aliphatic carbocycles. The lowest BCUT2D eigenvalue weighted by molar-refractivity contribution is 0.615. The number of hydrogen-bond donors (Lipinski definition) is 2. The minimum Gasteiger partial charge on any atom is -0.399 e. The van der Waals surface area contributed by atoms with Crippen molar-refractivity contribution in [1.29, 1.82) is 0 Å². The maximum Gasteiger partial charge on any atom is 0.182 e. The predicted octanol–water partition coefficient (Wildman–Crippen LogP) is 0.839. The molecule has 4 N–H and O–H groups in total. The molecule has 1 heterocycles. The first-order valence-corrected chi connectivity index (χ1v) is 5.18. The minimum atomic E-state index is 0.438. The van der Waals surface area contributed by atoms with Gasteiger partial charge in [-0.1, -0.05) is 0 Å². The fraction of sp³-hybridized carbons (Fsp3) is 0.300. The van der Waals surface area contributed by atoms with Crippen LogP contribution in [0.3, 0.4) is 0 Å². The molecule has 0 radical (unpaired) electrons. The molecule has 3 rings (SSSR count). The van der Waals surface area contributed by atoms with E-state index in [1.54, 1.807) is 6.07 Å². The number of nitrogens with two attached hydrogens (primary N) is 2. The van der Waals surface area contributed by atoms with E-state index in [4.69, 9.17) is 11.5 Å². The van der Waals surface area contributed by atoms with Gasteiger partial charge in [-0.25, -0.2) is 4.68 Å². The van der Waals surface area contributed by atoms with Gasteiger partial charge in [0.05, 0.1) is 6.04 Å². The second-order valence-corrected chi connectivity index (χ2v) is 4.07. The van der Waals surface area contributed by atoms with Crippen LogP contribution in [0.25, 0.3) is 11.4 Å². The molecule has 16 heavy (non-hydrogen) atoms. The van der Waals surface area contributed by atoms with Gasteiger partial charge in [-0.05, 0) is 41.5 Å². The fourth-order valence-corrected chi connectivity index (χ4v) is 1.75. The van der Waals surface area contributed by atoms with Crippen molar-refractivity contribution in [3.05, 3.63) is 18.2 Å². The van der Waals surface area contributed by atoms with Crippen molar-refractivity contribution in [1.82, 2.24) is 20.2 Å². The van der Waals surface area contributed by atoms with Crippen LogP contribution in [0.1, 0.15) is 18.9 Å². The zero-order valence-corrected chi connectivity index (χ0v) is 8.67. The normalized spacial score (nSPS) is 15.2. The molecule has 1 aliphatic rings. The summed E-state index contributed by atoms with van der Waals surface area (Å²) in [5.74, 6) is 0.738. The summed E-state index contributed by atoms with van der Waals surface area (Å²) in [6, 6.07) is 5.82. The Balaban J connectivity index is 2.10. The SMILES string of the molecule is Nc1cc(N)cc(-c2nnnn2C2CC2)c1. The quantitative estimate of drug-likeness (QED) is 0.725. The zero-order chi connectivity index (χ0) is 11.1. The van der Waals surface area contributed by atoms with Gasteiger partial charge in [0.2, 0.25) is 0 Å². The van der Waals surface area contributed by atoms with Crippen LogP contribution in [0.5, 0.6) is 0 Å². The molecule has 0 aliphatic heterocycles. The summed E-state index contributed by atoms with van der Waals surface area (Å²) in [5.41, 5.74) is 13.6. The predicted molar refractivity (Wildman–Crippen MR) is 60.3 cm³/mol. The van der Waals surface area contributed by atoms with Crippen molar-refractivity contribution < 1.29 is 0 Å². The Morgan fingerprint density at radius 1 is 1.12 bits per heavy atom. The molecule has 1 saturated carbocycles. The Kier molecular flexibility index (Phi) is 1.82. The number of rotatable bonds is 2. The Bertz CT molecular complexity index is 508. The van der Waals surface area contributed by atoms with E-state index in [2.05, 4.69) is 15.5 Å². The first kappa shape index (κ1) is 9.14. The number of aromatic nitrogens is 4. The van der Waals surface area contributed by atoms with E-state index in [-0.39, 0.29) is 0 Å². The molecule has 0 unspecified atom stereocenters. The van der Waals surface area contributed by atoms with Crippen molar-refractivity contribution in [3.63, 3.8) is 0 Å². The van der Waals surface area contributed by atoms with Crippen LogP contribution in [0, 0.1) is 0 Å². The van der Waals surface area contributed by atoms with E-state index >= 15 is 0 Å². The van der Waals surface area contributed by atoms with E-state index in [0.29, 0.717) is 17.4 Å². The standard InChI is InChI=1S/C10H12N6/c11-7-3-6(4-8(12)5-7)10-13-14-15-16(10)9-1-2-9/h3-5,9H,1-2,11-12H2. The van der Waals surface area contributed by atoms with Gasteiger partial charge in [0.25, 0.3) is 0 Å². The molecule has 1 fully saturated rings. The molecule has 0 saturated heterocycles. The number of hydrogen-bond acceptors (Lipinski definition) is 5. The van der Waals surface area contributed by atoms with Gasteiger partial charge in [-0.2, -0.15) is 0 Å². The van der Waals surface area contributed by atoms with Crippen molar-refractivity contribution in [2.75, 3.05) is 11.5 Å². The van der Waals surface area contributed by atoms with Crippen molar-refractivity contribution >= 4 is 11.4 Å². The molecule has 2 aromatic rings. The summed E-state index contributed by atoms with van der Waals surface area (Å²) >= 11 is 0. The molecular formula is C10H12N6. The smallest absolute Gasteiger partial charge is 0.182 e. The summed E-state index contributed by atoms with van der Waals surface area (Å²) < 4.78 is 1.84. The first-order chi connectivity index (χ1) is 7.74. The largest absolute Gasteiger partial charge is 0.399 e. The van der Waals surface area contributed by atoms with Gasteiger partial charge in [0, 0.05) is 16.9 Å². The molecule has 82 valence electrons. The highest BCUT2D eigenvalue weighted by Gasteiger charge is 2.28. The minimum absolute atomic E-state index is 0.438. The lowest BCUT2D eigenvalue weighted by Crippen LogP contribution is -2.00. The van der Waals surface area contributed by atoms with Crippen LogP contribution in [-0.4, -0.2) is 20.2 Å². The van der Waals surface area contributed by atoms with Gasteiger partial charge in [-0.15, -0.1) is 5.10 Å². The molecule has 0 atom stereocenters. The van der Waals surface area contributed by atoms with Gasteiger partial charge < -0.3 is 11.5 Å². The Hall–Kier alpha value is -2.11. The van der Waals surface area contributed by atoms with Crippen LogP contribution in [-0.2, 0) is 0 Å². The number of benzene rings is 1. The molecule has 1 aromatic carbocycles. The van der Waals surface area contributed by atoms with Gasteiger partial charge in [0.15, 0.2) is 5.82 Å². The number of nitrogen functional groups attached to an aromatic ring is 2. The van der Waals surface area contributed by atoms with E-state index < -0.39 is 0 Å². The van der Waals surface area contributed by atoms with Gasteiger partial charge >= 0.3 is 0 Å². The van der Waals surface area contributed by atoms with Crippen molar-refractivity contribution in [3.8, 4) is 11.4 Å². The summed E-state index contributed by atoms with van der Waals surface area (Å²) in [7, 11) is 0. The highest BCUT2D eigenvalue weighted by molar-refractivity contribution is 5.67. The summed E-state index contributed by atoms with van der Waals surface area (Å²) in [5, 5.41) is 11.7. The monoisotopic (exact) mass is 216 g/mol. The van der Waals surface area contributed by atoms with E-state index in [1.807, 2.05) is 16.8 Å². The van der Waals surface area contributed by atoms with Crippen LogP contribution in [0.4, 0.5) is 11.4 Å². The number of anilines is 2. The van der Waals surface area contributed by atoms with Crippen LogP contribution in [0.15, 0.2) is 18.2 Å². The highest BCUT2D eigenvalue weighted by atomic mass is 15.6. The van der Waals surface area contributed by atoms with E-state index in [0.717, 1.165) is 24.2 Å². The topological polar surface area (TPSA) is 95.6 Å². The fourth-order valence-electron chi connectivity index (χ4n) is 1.75. The van der Waals surface area contributed by atoms with Crippen LogP contribution in [0.2, 0.25) is 0 Å². The van der Waals surface area contributed by atoms with E-state index in [9.17, 15) is 0 Å². The number of tetrazole rings is 1. The second-order valence-electron chi connectivity index (χ2n) is 4.07. The molecule has 0 spiro atoms. The van der Waals surface area contributed by atoms with Gasteiger partial charge in [0.1, 0.15) is 0 Å². The number of nitrogens with zero attached hydrogens (tertiary/aromatic N) is 4. The average Bonchev–Trinajstić information content (AvgIpc) is 2.94. The van der Waals surface area contributed by atoms with Crippen molar-refractivity contribution in [2.24, 2.45) is 0 Å². The Labute approximate surface area is 92.2 Å². The van der Waals surface area contributed by atoms with Crippen LogP contribution >= 0.6 is 0 Å². The van der Waals surface area contributed by atoms with Gasteiger partial charge in [-0.3, -0.25) is 0 Å². The lowest BCUT2D eigenvalue weighted by Gasteiger charge is -2.04. The average molecular weight is 216 g/mol. The maximum absolute atomic E-state index is 5.75. The lowest BCUT2D eigenvalue weighted by atomic mass is 10.1. The Morgan fingerprint density at radius 3 is 2.44 bits per heavy atom. The summed E-state index contributed by atoms with van der Waals surface area (Å²) in [6.07, 6.45) is 2.27.